The van der Waals surface area contributed by atoms with Crippen molar-refractivity contribution in [2.45, 2.75) is 32.6 Å². The van der Waals surface area contributed by atoms with Crippen LogP contribution >= 0.6 is 27.3 Å². The Balaban J connectivity index is 1.74. The fourth-order valence-electron chi connectivity index (χ4n) is 2.15. The van der Waals surface area contributed by atoms with Crippen molar-refractivity contribution in [1.82, 2.24) is 10.3 Å². The smallest absolute Gasteiger partial charge is 0.226 e. The normalized spacial score (nSPS) is 10.4. The molecule has 0 saturated carbocycles. The first-order valence-corrected chi connectivity index (χ1v) is 9.47. The van der Waals surface area contributed by atoms with E-state index in [4.69, 9.17) is 0 Å². The lowest BCUT2D eigenvalue weighted by molar-refractivity contribution is -0.119. The van der Waals surface area contributed by atoms with Gasteiger partial charge < -0.3 is 10.6 Å². The Hall–Kier alpha value is -1.73. The van der Waals surface area contributed by atoms with Gasteiger partial charge in [0.05, 0.1) is 5.69 Å². The van der Waals surface area contributed by atoms with Gasteiger partial charge in [0.15, 0.2) is 5.13 Å². The lowest BCUT2D eigenvalue weighted by Gasteiger charge is -2.03. The number of amides is 2. The van der Waals surface area contributed by atoms with Crippen molar-refractivity contribution in [3.05, 3.63) is 34.1 Å². The number of benzene rings is 1. The minimum atomic E-state index is -0.0235. The number of nitrogens with one attached hydrogen (secondary N) is 2. The third-order valence-electron chi connectivity index (χ3n) is 3.33. The van der Waals surface area contributed by atoms with Gasteiger partial charge in [-0.25, -0.2) is 4.98 Å². The predicted molar refractivity (Wildman–Crippen MR) is 101 cm³/mol. The topological polar surface area (TPSA) is 71.1 Å². The lowest BCUT2D eigenvalue weighted by Crippen LogP contribution is -2.20. The highest BCUT2D eigenvalue weighted by Gasteiger charge is 2.08. The molecule has 0 bridgehead atoms. The molecule has 5 nitrogen and oxygen atoms in total. The van der Waals surface area contributed by atoms with Crippen molar-refractivity contribution in [3.63, 3.8) is 0 Å². The van der Waals surface area contributed by atoms with Gasteiger partial charge in [0.1, 0.15) is 0 Å². The average Bonchev–Trinajstić information content (AvgIpc) is 2.99. The third-order valence-corrected chi connectivity index (χ3v) is 4.58. The van der Waals surface area contributed by atoms with Gasteiger partial charge in [-0.2, -0.15) is 0 Å². The zero-order valence-corrected chi connectivity index (χ0v) is 15.9. The lowest BCUT2D eigenvalue weighted by atomic mass is 10.2. The van der Waals surface area contributed by atoms with Crippen LogP contribution in [0.3, 0.4) is 0 Å². The molecule has 0 atom stereocenters. The number of anilines is 1. The Morgan fingerprint density at radius 1 is 1.25 bits per heavy atom. The zero-order valence-electron chi connectivity index (χ0n) is 13.5. The second-order valence-corrected chi connectivity index (χ2v) is 7.16. The number of thiazole rings is 1. The molecule has 1 aromatic heterocycles. The number of carbonyl (C=O) groups excluding carboxylic acids is 2. The van der Waals surface area contributed by atoms with Gasteiger partial charge in [-0.3, -0.25) is 9.59 Å². The summed E-state index contributed by atoms with van der Waals surface area (Å²) in [5.74, 6) is -0.0394. The van der Waals surface area contributed by atoms with Gasteiger partial charge in [0.2, 0.25) is 11.8 Å². The van der Waals surface area contributed by atoms with Crippen molar-refractivity contribution in [2.75, 3.05) is 11.9 Å². The summed E-state index contributed by atoms with van der Waals surface area (Å²) >= 11 is 4.87. The van der Waals surface area contributed by atoms with E-state index < -0.39 is 0 Å². The third kappa shape index (κ3) is 6.41. The molecule has 0 saturated heterocycles. The zero-order chi connectivity index (χ0) is 17.4. The number of halogens is 1. The largest absolute Gasteiger partial charge is 0.356 e. The molecular formula is C17H20BrN3O2S. The van der Waals surface area contributed by atoms with Gasteiger partial charge >= 0.3 is 0 Å². The van der Waals surface area contributed by atoms with Crippen molar-refractivity contribution >= 4 is 44.2 Å². The average molecular weight is 410 g/mol. The highest BCUT2D eigenvalue weighted by atomic mass is 79.9. The maximum absolute atomic E-state index is 11.9. The van der Waals surface area contributed by atoms with E-state index in [-0.39, 0.29) is 11.8 Å². The van der Waals surface area contributed by atoms with Gasteiger partial charge in [-0.1, -0.05) is 34.5 Å². The van der Waals surface area contributed by atoms with Crippen molar-refractivity contribution in [3.8, 4) is 11.3 Å². The second-order valence-electron chi connectivity index (χ2n) is 5.39. The van der Waals surface area contributed by atoms with Crippen molar-refractivity contribution < 1.29 is 9.59 Å². The number of carbonyl (C=O) groups is 2. The number of hydrogen-bond acceptors (Lipinski definition) is 4. The van der Waals surface area contributed by atoms with E-state index in [1.807, 2.05) is 29.6 Å². The van der Waals surface area contributed by atoms with Crippen molar-refractivity contribution in [2.24, 2.45) is 0 Å². The van der Waals surface area contributed by atoms with Crippen LogP contribution in [0.25, 0.3) is 11.3 Å². The van der Waals surface area contributed by atoms with Crippen LogP contribution in [-0.2, 0) is 9.59 Å². The molecule has 2 aromatic rings. The Kier molecular flexibility index (Phi) is 7.39. The van der Waals surface area contributed by atoms with Crippen LogP contribution < -0.4 is 10.6 Å². The van der Waals surface area contributed by atoms with E-state index in [0.29, 0.717) is 18.1 Å². The standard InChI is InChI=1S/C17H20BrN3O2S/c1-12(22)19-9-4-2-3-8-16(23)21-17-20-15(11-24-17)13-6-5-7-14(18)10-13/h5-7,10-11H,2-4,8-9H2,1H3,(H,19,22)(H,20,21,23). The highest BCUT2D eigenvalue weighted by Crippen LogP contribution is 2.26. The summed E-state index contributed by atoms with van der Waals surface area (Å²) in [6, 6.07) is 7.90. The van der Waals surface area contributed by atoms with Gasteiger partial charge in [0, 0.05) is 35.3 Å². The molecule has 2 rings (SSSR count). The Morgan fingerprint density at radius 2 is 2.08 bits per heavy atom. The fraction of sp³-hybridized carbons (Fsp3) is 0.353. The highest BCUT2D eigenvalue weighted by molar-refractivity contribution is 9.10. The van der Waals surface area contributed by atoms with E-state index in [9.17, 15) is 9.59 Å². The first-order chi connectivity index (χ1) is 11.5. The molecule has 24 heavy (non-hydrogen) atoms. The maximum Gasteiger partial charge on any atom is 0.226 e. The molecule has 0 spiro atoms. The van der Waals surface area contributed by atoms with Crippen LogP contribution in [0.1, 0.15) is 32.6 Å². The molecule has 1 aromatic carbocycles. The molecule has 0 unspecified atom stereocenters. The minimum absolute atomic E-state index is 0.0160. The van der Waals surface area contributed by atoms with E-state index in [1.54, 1.807) is 0 Å². The minimum Gasteiger partial charge on any atom is -0.356 e. The van der Waals surface area contributed by atoms with E-state index in [2.05, 4.69) is 31.5 Å². The Bertz CT molecular complexity index is 703. The maximum atomic E-state index is 11.9. The molecule has 0 radical (unpaired) electrons. The second kappa shape index (κ2) is 9.54. The SMILES string of the molecule is CC(=O)NCCCCCC(=O)Nc1nc(-c2cccc(Br)c2)cs1. The molecule has 0 aliphatic carbocycles. The molecule has 2 amide bonds. The summed E-state index contributed by atoms with van der Waals surface area (Å²) < 4.78 is 0.998. The summed E-state index contributed by atoms with van der Waals surface area (Å²) in [6.07, 6.45) is 3.06. The molecule has 0 aliphatic heterocycles. The number of unbranched alkanes of at least 4 members (excludes halogenated alkanes) is 2. The van der Waals surface area contributed by atoms with Gasteiger partial charge in [0.25, 0.3) is 0 Å². The summed E-state index contributed by atoms with van der Waals surface area (Å²) in [7, 11) is 0. The van der Waals surface area contributed by atoms with E-state index in [0.717, 1.165) is 35.0 Å². The van der Waals surface area contributed by atoms with Crippen LogP contribution in [0.15, 0.2) is 34.1 Å². The molecule has 128 valence electrons. The van der Waals surface area contributed by atoms with Crippen LogP contribution in [0.5, 0.6) is 0 Å². The molecule has 0 fully saturated rings. The Morgan fingerprint density at radius 3 is 2.83 bits per heavy atom. The molecule has 7 heteroatoms. The summed E-state index contributed by atoms with van der Waals surface area (Å²) in [5.41, 5.74) is 1.87. The van der Waals surface area contributed by atoms with Gasteiger partial charge in [-0.05, 0) is 25.0 Å². The number of nitrogens with zero attached hydrogens (tertiary/aromatic N) is 1. The van der Waals surface area contributed by atoms with E-state index in [1.165, 1.54) is 18.3 Å². The monoisotopic (exact) mass is 409 g/mol. The summed E-state index contributed by atoms with van der Waals surface area (Å²) in [4.78, 5) is 27.1. The first-order valence-electron chi connectivity index (χ1n) is 7.80. The predicted octanol–water partition coefficient (Wildman–Crippen LogP) is 4.21. The van der Waals surface area contributed by atoms with Crippen LogP contribution in [0.2, 0.25) is 0 Å². The van der Waals surface area contributed by atoms with Crippen LogP contribution in [0, 0.1) is 0 Å². The van der Waals surface area contributed by atoms with Gasteiger partial charge in [-0.15, -0.1) is 11.3 Å². The van der Waals surface area contributed by atoms with Crippen LogP contribution in [-0.4, -0.2) is 23.3 Å². The molecule has 0 aliphatic rings. The van der Waals surface area contributed by atoms with E-state index >= 15 is 0 Å². The fourth-order valence-corrected chi connectivity index (χ4v) is 3.28. The van der Waals surface area contributed by atoms with Crippen LogP contribution in [0.4, 0.5) is 5.13 Å². The number of aromatic nitrogens is 1. The quantitative estimate of drug-likeness (QED) is 0.641. The molecule has 2 N–H and O–H groups in total. The summed E-state index contributed by atoms with van der Waals surface area (Å²) in [6.45, 7) is 2.17. The summed E-state index contributed by atoms with van der Waals surface area (Å²) in [5, 5.41) is 8.14. The molecule has 1 heterocycles. The van der Waals surface area contributed by atoms with Crippen molar-refractivity contribution in [1.29, 1.82) is 0 Å². The first kappa shape index (κ1) is 18.6. The molecular weight excluding hydrogens is 390 g/mol. The number of hydrogen-bond donors (Lipinski definition) is 2. The Labute approximate surface area is 154 Å². The number of rotatable bonds is 8.